The van der Waals surface area contributed by atoms with Crippen LogP contribution in [0.5, 0.6) is 11.5 Å². The van der Waals surface area contributed by atoms with E-state index in [1.165, 1.54) is 0 Å². The molecule has 3 N–H and O–H groups in total. The van der Waals surface area contributed by atoms with E-state index in [0.717, 1.165) is 6.54 Å². The molecule has 30 heavy (non-hydrogen) atoms. The molecular weight excluding hydrogens is 402 g/mol. The van der Waals surface area contributed by atoms with Gasteiger partial charge >= 0.3 is 5.97 Å². The molecule has 0 saturated carbocycles. The third kappa shape index (κ3) is 3.20. The lowest BCUT2D eigenvalue weighted by molar-refractivity contribution is -0.152. The number of rotatable bonds is 5. The molecule has 2 aromatic rings. The van der Waals surface area contributed by atoms with Gasteiger partial charge in [-0.2, -0.15) is 0 Å². The number of nitrogens with zero attached hydrogens (tertiary/aromatic N) is 1. The maximum atomic E-state index is 12.8. The van der Waals surface area contributed by atoms with Crippen LogP contribution in [0.3, 0.4) is 0 Å². The second kappa shape index (κ2) is 8.02. The fourth-order valence-electron chi connectivity index (χ4n) is 4.66. The standard InChI is InChI=1S/C23H26ClN3O3/c1-3-23(21(28)29,19-14-25-12-13-26-19)22(2,24)20-15-8-4-6-10-17(15)30-18-11-7-5-9-16(18)27-20/h4-11,19,25-26H,3,12-14H2,1-2H3,(H,28,29). The van der Waals surface area contributed by atoms with Crippen LogP contribution in [0.2, 0.25) is 0 Å². The third-order valence-electron chi connectivity index (χ3n) is 6.32. The maximum Gasteiger partial charge on any atom is 0.313 e. The Morgan fingerprint density at radius 1 is 1.20 bits per heavy atom. The molecule has 0 aromatic heterocycles. The van der Waals surface area contributed by atoms with Crippen LogP contribution in [0, 0.1) is 5.41 Å². The van der Waals surface area contributed by atoms with Gasteiger partial charge in [0, 0.05) is 31.2 Å². The second-order valence-corrected chi connectivity index (χ2v) is 8.63. The molecule has 1 saturated heterocycles. The van der Waals surface area contributed by atoms with E-state index < -0.39 is 16.3 Å². The summed E-state index contributed by atoms with van der Waals surface area (Å²) in [4.78, 5) is 16.4. The van der Waals surface area contributed by atoms with Gasteiger partial charge in [-0.25, -0.2) is 4.99 Å². The van der Waals surface area contributed by atoms with E-state index in [0.29, 0.717) is 48.0 Å². The first-order valence-corrected chi connectivity index (χ1v) is 10.6. The van der Waals surface area contributed by atoms with Gasteiger partial charge in [0.05, 0.1) is 5.71 Å². The Hall–Kier alpha value is -2.41. The number of nitrogens with one attached hydrogen (secondary N) is 2. The number of aliphatic imine (C=N–C) groups is 1. The van der Waals surface area contributed by atoms with Crippen LogP contribution >= 0.6 is 11.6 Å². The normalized spacial score (nSPS) is 22.2. The summed E-state index contributed by atoms with van der Waals surface area (Å²) in [6.07, 6.45) is 0.339. The molecular formula is C23H26ClN3O3. The number of aliphatic carboxylic acids is 1. The number of halogens is 1. The highest BCUT2D eigenvalue weighted by molar-refractivity contribution is 6.41. The summed E-state index contributed by atoms with van der Waals surface area (Å²) in [5.74, 6) is 0.280. The summed E-state index contributed by atoms with van der Waals surface area (Å²) in [6.45, 7) is 5.64. The highest BCUT2D eigenvalue weighted by Crippen LogP contribution is 2.49. The predicted molar refractivity (Wildman–Crippen MR) is 118 cm³/mol. The number of carbonyl (C=O) groups is 1. The SMILES string of the molecule is CCC(C(=O)O)(C1CNCCN1)C(C)(Cl)C1=Nc2ccccc2Oc2ccccc21. The number of hydrogen-bond acceptors (Lipinski definition) is 5. The minimum absolute atomic E-state index is 0.339. The fourth-order valence-corrected chi connectivity index (χ4v) is 5.15. The summed E-state index contributed by atoms with van der Waals surface area (Å²) in [7, 11) is 0. The zero-order valence-electron chi connectivity index (χ0n) is 17.1. The first-order valence-electron chi connectivity index (χ1n) is 10.2. The van der Waals surface area contributed by atoms with E-state index in [9.17, 15) is 9.90 Å². The largest absolute Gasteiger partial charge is 0.481 e. The number of alkyl halides is 1. The molecule has 158 valence electrons. The van der Waals surface area contributed by atoms with E-state index >= 15 is 0 Å². The first kappa shape index (κ1) is 20.8. The van der Waals surface area contributed by atoms with Gasteiger partial charge in [0.25, 0.3) is 0 Å². The average Bonchev–Trinajstić information content (AvgIpc) is 2.92. The van der Waals surface area contributed by atoms with Crippen molar-refractivity contribution in [3.05, 3.63) is 54.1 Å². The third-order valence-corrected chi connectivity index (χ3v) is 6.83. The van der Waals surface area contributed by atoms with Crippen LogP contribution in [-0.4, -0.2) is 47.3 Å². The van der Waals surface area contributed by atoms with Gasteiger partial charge < -0.3 is 20.5 Å². The summed E-state index contributed by atoms with van der Waals surface area (Å²) in [6, 6.07) is 14.6. The van der Waals surface area contributed by atoms with Crippen molar-refractivity contribution in [2.75, 3.05) is 19.6 Å². The predicted octanol–water partition coefficient (Wildman–Crippen LogP) is 3.95. The van der Waals surface area contributed by atoms with Crippen molar-refractivity contribution < 1.29 is 14.6 Å². The van der Waals surface area contributed by atoms with Crippen molar-refractivity contribution in [2.45, 2.75) is 31.2 Å². The molecule has 0 bridgehead atoms. The van der Waals surface area contributed by atoms with Crippen LogP contribution in [0.4, 0.5) is 5.69 Å². The van der Waals surface area contributed by atoms with Crippen LogP contribution in [0.1, 0.15) is 25.8 Å². The molecule has 0 amide bonds. The minimum Gasteiger partial charge on any atom is -0.481 e. The van der Waals surface area contributed by atoms with Crippen molar-refractivity contribution in [3.8, 4) is 11.5 Å². The van der Waals surface area contributed by atoms with E-state index in [-0.39, 0.29) is 6.04 Å². The molecule has 2 heterocycles. The summed E-state index contributed by atoms with van der Waals surface area (Å²) < 4.78 is 6.13. The Bertz CT molecular complexity index is 985. The van der Waals surface area contributed by atoms with Gasteiger partial charge in [-0.3, -0.25) is 4.79 Å². The molecule has 2 aliphatic rings. The van der Waals surface area contributed by atoms with E-state index in [1.54, 1.807) is 6.92 Å². The van der Waals surface area contributed by atoms with Crippen LogP contribution in [-0.2, 0) is 4.79 Å². The average molecular weight is 428 g/mol. The molecule has 4 rings (SSSR count). The number of carboxylic acid groups (broad SMARTS) is 1. The molecule has 1 fully saturated rings. The molecule has 3 atom stereocenters. The highest BCUT2D eigenvalue weighted by Gasteiger charge is 2.60. The zero-order valence-corrected chi connectivity index (χ0v) is 17.9. The van der Waals surface area contributed by atoms with Gasteiger partial charge in [-0.15, -0.1) is 11.6 Å². The highest BCUT2D eigenvalue weighted by atomic mass is 35.5. The molecule has 7 heteroatoms. The molecule has 0 aliphatic carbocycles. The van der Waals surface area contributed by atoms with Crippen molar-refractivity contribution >= 4 is 29.0 Å². The van der Waals surface area contributed by atoms with Crippen LogP contribution < -0.4 is 15.4 Å². The van der Waals surface area contributed by atoms with Crippen LogP contribution in [0.15, 0.2) is 53.5 Å². The maximum absolute atomic E-state index is 12.8. The Morgan fingerprint density at radius 3 is 2.57 bits per heavy atom. The Kier molecular flexibility index (Phi) is 5.57. The smallest absolute Gasteiger partial charge is 0.313 e. The lowest BCUT2D eigenvalue weighted by atomic mass is 9.64. The van der Waals surface area contributed by atoms with E-state index in [1.807, 2.05) is 55.5 Å². The van der Waals surface area contributed by atoms with Gasteiger partial charge in [-0.1, -0.05) is 31.2 Å². The Labute approximate surface area is 181 Å². The first-order chi connectivity index (χ1) is 14.4. The van der Waals surface area contributed by atoms with Gasteiger partial charge in [0.15, 0.2) is 5.75 Å². The Morgan fingerprint density at radius 2 is 1.90 bits per heavy atom. The summed E-state index contributed by atoms with van der Waals surface area (Å²) in [5.41, 5.74) is 0.531. The number of carboxylic acids is 1. The quantitative estimate of drug-likeness (QED) is 0.629. The zero-order chi connectivity index (χ0) is 21.4. The van der Waals surface area contributed by atoms with Crippen molar-refractivity contribution in [3.63, 3.8) is 0 Å². The lowest BCUT2D eigenvalue weighted by Crippen LogP contribution is -2.67. The molecule has 6 nitrogen and oxygen atoms in total. The number of fused-ring (bicyclic) bond motifs is 2. The fraction of sp³-hybridized carbons (Fsp3) is 0.391. The lowest BCUT2D eigenvalue weighted by Gasteiger charge is -2.48. The number of para-hydroxylation sites is 3. The molecule has 0 radical (unpaired) electrons. The van der Waals surface area contributed by atoms with Gasteiger partial charge in [0.1, 0.15) is 21.7 Å². The van der Waals surface area contributed by atoms with Crippen molar-refractivity contribution in [1.82, 2.24) is 10.6 Å². The van der Waals surface area contributed by atoms with E-state index in [4.69, 9.17) is 21.3 Å². The second-order valence-electron chi connectivity index (χ2n) is 7.87. The monoisotopic (exact) mass is 427 g/mol. The minimum atomic E-state index is -1.32. The number of ether oxygens (including phenoxy) is 1. The molecule has 3 unspecified atom stereocenters. The number of benzene rings is 2. The molecule has 2 aliphatic heterocycles. The number of piperazine rings is 1. The van der Waals surface area contributed by atoms with Crippen molar-refractivity contribution in [2.24, 2.45) is 10.4 Å². The van der Waals surface area contributed by atoms with Gasteiger partial charge in [0.2, 0.25) is 0 Å². The Balaban J connectivity index is 1.95. The number of hydrogen-bond donors (Lipinski definition) is 3. The topological polar surface area (TPSA) is 83.0 Å². The summed E-state index contributed by atoms with van der Waals surface area (Å²) in [5, 5.41) is 17.2. The van der Waals surface area contributed by atoms with Crippen molar-refractivity contribution in [1.29, 1.82) is 0 Å². The summed E-state index contributed by atoms with van der Waals surface area (Å²) >= 11 is 7.30. The molecule has 2 aromatic carbocycles. The van der Waals surface area contributed by atoms with Crippen LogP contribution in [0.25, 0.3) is 0 Å². The van der Waals surface area contributed by atoms with Gasteiger partial charge in [-0.05, 0) is 37.6 Å². The molecule has 0 spiro atoms. The van der Waals surface area contributed by atoms with E-state index in [2.05, 4.69) is 10.6 Å².